The second kappa shape index (κ2) is 6.59. The van der Waals surface area contributed by atoms with E-state index in [2.05, 4.69) is 26.8 Å². The van der Waals surface area contributed by atoms with Gasteiger partial charge >= 0.3 is 0 Å². The highest BCUT2D eigenvalue weighted by Crippen LogP contribution is 2.67. The van der Waals surface area contributed by atoms with Crippen molar-refractivity contribution >= 4 is 0 Å². The Hall–Kier alpha value is -0.340. The number of aliphatic hydroxyl groups is 2. The zero-order chi connectivity index (χ0) is 19.6. The summed E-state index contributed by atoms with van der Waals surface area (Å²) in [5, 5.41) is 20.5. The normalized spacial score (nSPS) is 48.3. The van der Waals surface area contributed by atoms with Crippen molar-refractivity contribution in [3.63, 3.8) is 0 Å². The Morgan fingerprint density at radius 2 is 1.85 bits per heavy atom. The van der Waals surface area contributed by atoms with Crippen LogP contribution < -0.4 is 0 Å². The minimum atomic E-state index is -0.552. The third kappa shape index (κ3) is 3.23. The van der Waals surface area contributed by atoms with E-state index in [9.17, 15) is 10.2 Å². The molecule has 0 radical (unpaired) electrons. The molecule has 2 N–H and O–H groups in total. The Balaban J connectivity index is 1.57. The molecule has 4 aliphatic rings. The first-order chi connectivity index (χ1) is 12.5. The zero-order valence-electron chi connectivity index (χ0n) is 18.3. The van der Waals surface area contributed by atoms with Gasteiger partial charge in [0.2, 0.25) is 0 Å². The quantitative estimate of drug-likeness (QED) is 0.620. The molecule has 2 nitrogen and oxygen atoms in total. The summed E-state index contributed by atoms with van der Waals surface area (Å²) >= 11 is 0. The lowest BCUT2D eigenvalue weighted by atomic mass is 9.47. The number of allylic oxidation sites excluding steroid dienone is 1. The monoisotopic (exact) mass is 374 g/mol. The average molecular weight is 375 g/mol. The molecule has 0 aromatic heterocycles. The van der Waals surface area contributed by atoms with Crippen molar-refractivity contribution in [2.24, 2.45) is 40.4 Å². The Labute approximate surface area is 166 Å². The number of aliphatic hydroxyl groups excluding tert-OH is 1. The molecule has 3 saturated carbocycles. The van der Waals surface area contributed by atoms with Crippen molar-refractivity contribution in [2.75, 3.05) is 0 Å². The maximum absolute atomic E-state index is 10.4. The summed E-state index contributed by atoms with van der Waals surface area (Å²) in [7, 11) is 0. The number of hydrogen-bond acceptors (Lipinski definition) is 2. The van der Waals surface area contributed by atoms with Crippen molar-refractivity contribution in [3.05, 3.63) is 11.6 Å². The molecule has 0 aliphatic heterocycles. The highest BCUT2D eigenvalue weighted by atomic mass is 16.3. The van der Waals surface area contributed by atoms with Gasteiger partial charge in [-0.15, -0.1) is 0 Å². The lowest BCUT2D eigenvalue weighted by Gasteiger charge is -2.58. The largest absolute Gasteiger partial charge is 0.393 e. The first-order valence-electron chi connectivity index (χ1n) is 11.6. The van der Waals surface area contributed by atoms with Crippen LogP contribution in [0.15, 0.2) is 11.6 Å². The lowest BCUT2D eigenvalue weighted by molar-refractivity contribution is -0.0626. The van der Waals surface area contributed by atoms with Gasteiger partial charge in [-0.1, -0.05) is 32.4 Å². The molecule has 0 bridgehead atoms. The summed E-state index contributed by atoms with van der Waals surface area (Å²) in [6, 6.07) is 0. The fourth-order valence-electron chi connectivity index (χ4n) is 8.55. The van der Waals surface area contributed by atoms with E-state index >= 15 is 0 Å². The van der Waals surface area contributed by atoms with Crippen molar-refractivity contribution in [1.29, 1.82) is 0 Å². The van der Waals surface area contributed by atoms with E-state index in [1.165, 1.54) is 38.5 Å². The van der Waals surface area contributed by atoms with Crippen molar-refractivity contribution in [1.82, 2.24) is 0 Å². The number of hydrogen-bond donors (Lipinski definition) is 2. The van der Waals surface area contributed by atoms with Crippen molar-refractivity contribution < 1.29 is 10.2 Å². The molecule has 0 heterocycles. The molecule has 7 unspecified atom stereocenters. The second-order valence-corrected chi connectivity index (χ2v) is 11.9. The maximum atomic E-state index is 10.4. The summed E-state index contributed by atoms with van der Waals surface area (Å²) in [6.45, 7) is 11.5. The van der Waals surface area contributed by atoms with Gasteiger partial charge in [0.05, 0.1) is 11.7 Å². The highest BCUT2D eigenvalue weighted by Gasteiger charge is 2.59. The first-order valence-corrected chi connectivity index (χ1v) is 11.6. The van der Waals surface area contributed by atoms with Crippen LogP contribution in [0.2, 0.25) is 0 Å². The predicted octanol–water partition coefficient (Wildman–Crippen LogP) is 5.72. The van der Waals surface area contributed by atoms with E-state index in [0.717, 1.165) is 42.9 Å². The van der Waals surface area contributed by atoms with Gasteiger partial charge in [-0.05, 0) is 112 Å². The van der Waals surface area contributed by atoms with E-state index in [4.69, 9.17) is 0 Å². The van der Waals surface area contributed by atoms with Crippen LogP contribution in [0.1, 0.15) is 92.4 Å². The fourth-order valence-corrected chi connectivity index (χ4v) is 8.55. The van der Waals surface area contributed by atoms with Crippen molar-refractivity contribution in [2.45, 2.75) is 104 Å². The van der Waals surface area contributed by atoms with Crippen LogP contribution in [-0.4, -0.2) is 21.9 Å². The van der Waals surface area contributed by atoms with Gasteiger partial charge in [-0.25, -0.2) is 0 Å². The molecule has 154 valence electrons. The summed E-state index contributed by atoms with van der Waals surface area (Å²) in [6.07, 6.45) is 13.2. The topological polar surface area (TPSA) is 40.5 Å². The van der Waals surface area contributed by atoms with Crippen LogP contribution in [0.25, 0.3) is 0 Å². The Morgan fingerprint density at radius 3 is 2.56 bits per heavy atom. The molecule has 4 rings (SSSR count). The summed E-state index contributed by atoms with van der Waals surface area (Å²) in [4.78, 5) is 0. The molecule has 0 aromatic rings. The minimum Gasteiger partial charge on any atom is -0.393 e. The Kier molecular flexibility index (Phi) is 4.87. The molecule has 8 atom stereocenters. The lowest BCUT2D eigenvalue weighted by Crippen LogP contribution is -2.51. The van der Waals surface area contributed by atoms with Gasteiger partial charge < -0.3 is 10.2 Å². The van der Waals surface area contributed by atoms with Gasteiger partial charge in [-0.2, -0.15) is 0 Å². The average Bonchev–Trinajstić information content (AvgIpc) is 2.91. The molecular formula is C25H42O2. The molecule has 2 heteroatoms. The van der Waals surface area contributed by atoms with Gasteiger partial charge in [0.25, 0.3) is 0 Å². The minimum absolute atomic E-state index is 0.103. The second-order valence-electron chi connectivity index (χ2n) is 11.9. The maximum Gasteiger partial charge on any atom is 0.0594 e. The van der Waals surface area contributed by atoms with E-state index in [0.29, 0.717) is 16.7 Å². The molecule has 0 aromatic carbocycles. The van der Waals surface area contributed by atoms with Gasteiger partial charge in [0.15, 0.2) is 0 Å². The van der Waals surface area contributed by atoms with Crippen LogP contribution in [0.5, 0.6) is 0 Å². The molecule has 3 fully saturated rings. The highest BCUT2D eigenvalue weighted by molar-refractivity contribution is 5.25. The fraction of sp³-hybridized carbons (Fsp3) is 0.920. The van der Waals surface area contributed by atoms with E-state index in [1.54, 1.807) is 5.57 Å². The van der Waals surface area contributed by atoms with Crippen molar-refractivity contribution in [3.8, 4) is 0 Å². The Bertz CT molecular complexity index is 602. The molecule has 0 saturated heterocycles. The van der Waals surface area contributed by atoms with Crippen LogP contribution in [0.4, 0.5) is 0 Å². The van der Waals surface area contributed by atoms with Gasteiger partial charge in [0, 0.05) is 0 Å². The zero-order valence-corrected chi connectivity index (χ0v) is 18.3. The summed E-state index contributed by atoms with van der Waals surface area (Å²) in [5.74, 6) is 3.89. The van der Waals surface area contributed by atoms with E-state index < -0.39 is 5.60 Å². The third-order valence-electron chi connectivity index (χ3n) is 9.66. The predicted molar refractivity (Wildman–Crippen MR) is 111 cm³/mol. The molecule has 0 spiro atoms. The van der Waals surface area contributed by atoms with E-state index in [1.807, 2.05) is 13.8 Å². The van der Waals surface area contributed by atoms with Crippen LogP contribution in [0, 0.1) is 40.4 Å². The summed E-state index contributed by atoms with van der Waals surface area (Å²) < 4.78 is 0. The van der Waals surface area contributed by atoms with E-state index in [-0.39, 0.29) is 6.10 Å². The summed E-state index contributed by atoms with van der Waals surface area (Å²) in [5.41, 5.74) is 1.84. The smallest absolute Gasteiger partial charge is 0.0594 e. The third-order valence-corrected chi connectivity index (χ3v) is 9.66. The number of fused-ring (bicyclic) bond motifs is 5. The van der Waals surface area contributed by atoms with Crippen LogP contribution >= 0.6 is 0 Å². The number of rotatable bonds is 3. The SMILES string of the molecule is C[C@H](CC(C)(C)O)C1CCC2C3CC=C4CC(O)CCC4(C)C3CCC21C. The van der Waals surface area contributed by atoms with Crippen LogP contribution in [0.3, 0.4) is 0 Å². The molecule has 27 heavy (non-hydrogen) atoms. The standard InChI is InChI=1S/C25H42O2/c1-16(15-23(2,3)27)20-8-9-21-19-7-6-17-14-18(26)10-12-24(17,4)22(19)11-13-25(20,21)5/h6,16,18-22,26-27H,7-15H2,1-5H3/t16-,18?,19?,20?,21?,22?,24?,25?/m1/s1. The first kappa shape index (κ1) is 20.0. The Morgan fingerprint density at radius 1 is 1.11 bits per heavy atom. The molecular weight excluding hydrogens is 332 g/mol. The molecule has 4 aliphatic carbocycles. The van der Waals surface area contributed by atoms with Gasteiger partial charge in [0.1, 0.15) is 0 Å². The van der Waals surface area contributed by atoms with Crippen LogP contribution in [-0.2, 0) is 0 Å². The van der Waals surface area contributed by atoms with Gasteiger partial charge in [-0.3, -0.25) is 0 Å². The molecule has 0 amide bonds.